The van der Waals surface area contributed by atoms with Crippen molar-refractivity contribution < 1.29 is 0 Å². The molecule has 2 aromatic carbocycles. The third-order valence-corrected chi connectivity index (χ3v) is 4.04. The van der Waals surface area contributed by atoms with E-state index in [1.807, 2.05) is 36.4 Å². The molecule has 0 aromatic heterocycles. The number of para-hydroxylation sites is 1. The van der Waals surface area contributed by atoms with Crippen LogP contribution >= 0.6 is 45.8 Å². The van der Waals surface area contributed by atoms with Crippen molar-refractivity contribution in [1.82, 2.24) is 0 Å². The smallest absolute Gasteiger partial charge is 0.0478 e. The summed E-state index contributed by atoms with van der Waals surface area (Å²) < 4.78 is 1.17. The summed E-state index contributed by atoms with van der Waals surface area (Å²) in [5.41, 5.74) is 2.01. The normalized spacial score (nSPS) is 10.3. The number of rotatable bonds is 3. The van der Waals surface area contributed by atoms with Crippen LogP contribution in [0.1, 0.15) is 5.56 Å². The highest BCUT2D eigenvalue weighted by Crippen LogP contribution is 2.26. The Morgan fingerprint density at radius 3 is 2.24 bits per heavy atom. The van der Waals surface area contributed by atoms with E-state index in [9.17, 15) is 0 Å². The maximum Gasteiger partial charge on any atom is 0.0478 e. The van der Waals surface area contributed by atoms with E-state index in [0.29, 0.717) is 16.6 Å². The molecule has 0 saturated heterocycles. The molecule has 1 nitrogen and oxygen atoms in total. The molecular formula is C13H10Cl2IN. The van der Waals surface area contributed by atoms with Gasteiger partial charge in [-0.05, 0) is 46.9 Å². The fourth-order valence-electron chi connectivity index (χ4n) is 1.49. The van der Waals surface area contributed by atoms with E-state index in [2.05, 4.69) is 34.0 Å². The number of nitrogens with one attached hydrogen (secondary N) is 1. The van der Waals surface area contributed by atoms with E-state index in [0.717, 1.165) is 11.3 Å². The van der Waals surface area contributed by atoms with Crippen LogP contribution < -0.4 is 5.32 Å². The predicted octanol–water partition coefficient (Wildman–Crippen LogP) is 5.21. The molecule has 0 aliphatic heterocycles. The minimum absolute atomic E-state index is 0.624. The Hall–Kier alpha value is -0.450. The lowest BCUT2D eigenvalue weighted by Crippen LogP contribution is -2.02. The number of hydrogen-bond donors (Lipinski definition) is 1. The summed E-state index contributed by atoms with van der Waals surface area (Å²) in [6, 6.07) is 13.6. The van der Waals surface area contributed by atoms with Crippen molar-refractivity contribution in [3.8, 4) is 0 Å². The van der Waals surface area contributed by atoms with Gasteiger partial charge in [-0.2, -0.15) is 0 Å². The average molecular weight is 378 g/mol. The monoisotopic (exact) mass is 377 g/mol. The van der Waals surface area contributed by atoms with Gasteiger partial charge in [0.2, 0.25) is 0 Å². The highest BCUT2D eigenvalue weighted by molar-refractivity contribution is 14.1. The Balaban J connectivity index is 2.16. The molecule has 0 amide bonds. The molecule has 0 atom stereocenters. The molecular weight excluding hydrogens is 368 g/mol. The molecule has 88 valence electrons. The molecule has 0 saturated carbocycles. The summed E-state index contributed by atoms with van der Waals surface area (Å²) in [6.07, 6.45) is 0. The molecule has 2 aromatic rings. The van der Waals surface area contributed by atoms with Gasteiger partial charge in [-0.1, -0.05) is 41.4 Å². The Labute approximate surface area is 124 Å². The van der Waals surface area contributed by atoms with Crippen LogP contribution in [0.15, 0.2) is 42.5 Å². The molecule has 4 heteroatoms. The topological polar surface area (TPSA) is 12.0 Å². The molecule has 0 aliphatic carbocycles. The first-order valence-electron chi connectivity index (χ1n) is 5.10. The van der Waals surface area contributed by atoms with Gasteiger partial charge in [0.25, 0.3) is 0 Å². The van der Waals surface area contributed by atoms with Crippen LogP contribution in [-0.2, 0) is 6.54 Å². The minimum Gasteiger partial charge on any atom is -0.380 e. The van der Waals surface area contributed by atoms with E-state index in [1.54, 1.807) is 0 Å². The number of benzene rings is 2. The lowest BCUT2D eigenvalue weighted by Gasteiger charge is -2.11. The molecule has 0 spiro atoms. The third-order valence-electron chi connectivity index (χ3n) is 2.39. The Bertz CT molecular complexity index is 508. The Kier molecular flexibility index (Phi) is 4.54. The SMILES string of the molecule is Clc1cccc(Cl)c1CNc1ccccc1I. The van der Waals surface area contributed by atoms with Gasteiger partial charge in [0.05, 0.1) is 0 Å². The zero-order valence-corrected chi connectivity index (χ0v) is 12.6. The van der Waals surface area contributed by atoms with Gasteiger partial charge in [0.15, 0.2) is 0 Å². The predicted molar refractivity (Wildman–Crippen MR) is 82.9 cm³/mol. The van der Waals surface area contributed by atoms with Crippen LogP contribution in [0.3, 0.4) is 0 Å². The van der Waals surface area contributed by atoms with Crippen molar-refractivity contribution in [2.45, 2.75) is 6.54 Å². The van der Waals surface area contributed by atoms with Crippen molar-refractivity contribution in [2.75, 3.05) is 5.32 Å². The zero-order chi connectivity index (χ0) is 12.3. The van der Waals surface area contributed by atoms with Crippen LogP contribution in [-0.4, -0.2) is 0 Å². The number of halogens is 3. The highest BCUT2D eigenvalue weighted by Gasteiger charge is 2.05. The van der Waals surface area contributed by atoms with Crippen LogP contribution in [0, 0.1) is 3.57 Å². The van der Waals surface area contributed by atoms with Gasteiger partial charge < -0.3 is 5.32 Å². The highest BCUT2D eigenvalue weighted by atomic mass is 127. The summed E-state index contributed by atoms with van der Waals surface area (Å²) in [5, 5.41) is 4.72. The van der Waals surface area contributed by atoms with Gasteiger partial charge in [-0.15, -0.1) is 0 Å². The second-order valence-corrected chi connectivity index (χ2v) is 5.51. The maximum absolute atomic E-state index is 6.11. The molecule has 0 radical (unpaired) electrons. The van der Waals surface area contributed by atoms with E-state index in [4.69, 9.17) is 23.2 Å². The van der Waals surface area contributed by atoms with Crippen molar-refractivity contribution in [2.24, 2.45) is 0 Å². The summed E-state index contributed by atoms with van der Waals surface area (Å²) in [6.45, 7) is 0.624. The largest absolute Gasteiger partial charge is 0.380 e. The van der Waals surface area contributed by atoms with Gasteiger partial charge in [0, 0.05) is 31.4 Å². The molecule has 0 heterocycles. The van der Waals surface area contributed by atoms with Crippen molar-refractivity contribution in [3.63, 3.8) is 0 Å². The standard InChI is InChI=1S/C13H10Cl2IN/c14-10-4-3-5-11(15)9(10)8-17-13-7-2-1-6-12(13)16/h1-7,17H,8H2. The third kappa shape index (κ3) is 3.27. The van der Waals surface area contributed by atoms with Crippen LogP contribution in [0.4, 0.5) is 5.69 Å². The molecule has 0 aliphatic rings. The van der Waals surface area contributed by atoms with Crippen LogP contribution in [0.5, 0.6) is 0 Å². The van der Waals surface area contributed by atoms with Gasteiger partial charge in [0.1, 0.15) is 0 Å². The van der Waals surface area contributed by atoms with Crippen molar-refractivity contribution >= 4 is 51.5 Å². The summed E-state index contributed by atoms with van der Waals surface area (Å²) in [7, 11) is 0. The lowest BCUT2D eigenvalue weighted by atomic mass is 10.2. The Morgan fingerprint density at radius 1 is 0.941 bits per heavy atom. The van der Waals surface area contributed by atoms with Crippen molar-refractivity contribution in [3.05, 3.63) is 61.6 Å². The summed E-state index contributed by atoms with van der Waals surface area (Å²) in [5.74, 6) is 0. The Morgan fingerprint density at radius 2 is 1.59 bits per heavy atom. The fourth-order valence-corrected chi connectivity index (χ4v) is 2.60. The van der Waals surface area contributed by atoms with E-state index in [-0.39, 0.29) is 0 Å². The summed E-state index contributed by atoms with van der Waals surface area (Å²) in [4.78, 5) is 0. The lowest BCUT2D eigenvalue weighted by molar-refractivity contribution is 1.15. The molecule has 0 fully saturated rings. The minimum atomic E-state index is 0.624. The maximum atomic E-state index is 6.11. The van der Waals surface area contributed by atoms with E-state index >= 15 is 0 Å². The first-order valence-corrected chi connectivity index (χ1v) is 6.93. The quantitative estimate of drug-likeness (QED) is 0.724. The first-order chi connectivity index (χ1) is 8.18. The first kappa shape index (κ1) is 13.0. The fraction of sp³-hybridized carbons (Fsp3) is 0.0769. The van der Waals surface area contributed by atoms with E-state index < -0.39 is 0 Å². The average Bonchev–Trinajstić information content (AvgIpc) is 2.30. The molecule has 2 rings (SSSR count). The second-order valence-electron chi connectivity index (χ2n) is 3.53. The molecule has 0 unspecified atom stereocenters. The number of hydrogen-bond acceptors (Lipinski definition) is 1. The molecule has 17 heavy (non-hydrogen) atoms. The molecule has 0 bridgehead atoms. The van der Waals surface area contributed by atoms with Gasteiger partial charge >= 0.3 is 0 Å². The van der Waals surface area contributed by atoms with E-state index in [1.165, 1.54) is 3.57 Å². The summed E-state index contributed by atoms with van der Waals surface area (Å²) >= 11 is 14.5. The van der Waals surface area contributed by atoms with Crippen molar-refractivity contribution in [1.29, 1.82) is 0 Å². The second kappa shape index (κ2) is 5.94. The number of anilines is 1. The zero-order valence-electron chi connectivity index (χ0n) is 8.88. The van der Waals surface area contributed by atoms with Gasteiger partial charge in [-0.3, -0.25) is 0 Å². The van der Waals surface area contributed by atoms with Crippen LogP contribution in [0.25, 0.3) is 0 Å². The van der Waals surface area contributed by atoms with Gasteiger partial charge in [-0.25, -0.2) is 0 Å². The van der Waals surface area contributed by atoms with Crippen LogP contribution in [0.2, 0.25) is 10.0 Å². The molecule has 1 N–H and O–H groups in total.